The molecule has 1 heterocycles. The minimum Gasteiger partial charge on any atom is -0.468 e. The molecule has 0 spiro atoms. The van der Waals surface area contributed by atoms with Crippen LogP contribution in [0.5, 0.6) is 0 Å². The largest absolute Gasteiger partial charge is 0.468 e. The van der Waals surface area contributed by atoms with Crippen LogP contribution < -0.4 is 16.6 Å². The fourth-order valence-corrected chi connectivity index (χ4v) is 3.46. The molecule has 2 rings (SSSR count). The summed E-state index contributed by atoms with van der Waals surface area (Å²) in [6, 6.07) is 5.72. The van der Waals surface area contributed by atoms with Crippen LogP contribution in [-0.4, -0.2) is 39.8 Å². The Labute approximate surface area is 159 Å². The molecule has 1 aromatic carbocycles. The predicted molar refractivity (Wildman–Crippen MR) is 100 cm³/mol. The second-order valence-electron chi connectivity index (χ2n) is 6.01. The second kappa shape index (κ2) is 8.67. The second-order valence-corrected chi connectivity index (χ2v) is 7.12. The molecule has 0 bridgehead atoms. The van der Waals surface area contributed by atoms with Gasteiger partial charge >= 0.3 is 12.0 Å². The summed E-state index contributed by atoms with van der Waals surface area (Å²) in [5.41, 5.74) is 5.03. The van der Waals surface area contributed by atoms with Gasteiger partial charge in [0.25, 0.3) is 5.56 Å². The lowest BCUT2D eigenvalue weighted by atomic mass is 10.1. The Morgan fingerprint density at radius 3 is 2.56 bits per heavy atom. The maximum atomic E-state index is 12.8. The van der Waals surface area contributed by atoms with Gasteiger partial charge in [-0.1, -0.05) is 37.7 Å². The number of carbonyl (C=O) groups is 3. The molecule has 0 aliphatic heterocycles. The van der Waals surface area contributed by atoms with Crippen molar-refractivity contribution in [2.75, 3.05) is 7.11 Å². The maximum absolute atomic E-state index is 12.8. The van der Waals surface area contributed by atoms with Crippen LogP contribution in [0.4, 0.5) is 4.79 Å². The molecule has 0 fully saturated rings. The molecule has 0 saturated carbocycles. The SMILES string of the molecule is COC(=O)Cn1c(S[C@@H](C(=O)NC(N)=O)C(C)C)nc2ccccc2c1=O. The van der Waals surface area contributed by atoms with Gasteiger partial charge in [0.2, 0.25) is 5.91 Å². The van der Waals surface area contributed by atoms with Crippen molar-refractivity contribution in [3.63, 3.8) is 0 Å². The number of ether oxygens (including phenoxy) is 1. The number of para-hydroxylation sites is 1. The van der Waals surface area contributed by atoms with Crippen LogP contribution in [0.3, 0.4) is 0 Å². The molecular weight excluding hydrogens is 372 g/mol. The summed E-state index contributed by atoms with van der Waals surface area (Å²) in [4.78, 5) is 52.3. The van der Waals surface area contributed by atoms with Gasteiger partial charge < -0.3 is 10.5 Å². The number of hydrogen-bond donors (Lipinski definition) is 2. The van der Waals surface area contributed by atoms with Crippen molar-refractivity contribution in [1.29, 1.82) is 0 Å². The van der Waals surface area contributed by atoms with Crippen molar-refractivity contribution < 1.29 is 19.1 Å². The summed E-state index contributed by atoms with van der Waals surface area (Å²) < 4.78 is 5.81. The Morgan fingerprint density at radius 2 is 1.96 bits per heavy atom. The molecule has 3 N–H and O–H groups in total. The number of nitrogens with one attached hydrogen (secondary N) is 1. The molecule has 1 atom stereocenters. The minimum absolute atomic E-state index is 0.169. The zero-order valence-electron chi connectivity index (χ0n) is 15.1. The third-order valence-corrected chi connectivity index (χ3v) is 5.22. The van der Waals surface area contributed by atoms with Crippen LogP contribution in [0.15, 0.2) is 34.2 Å². The van der Waals surface area contributed by atoms with E-state index in [2.05, 4.69) is 9.72 Å². The lowest BCUT2D eigenvalue weighted by molar-refractivity contribution is -0.141. The molecule has 2 aromatic rings. The molecule has 0 aliphatic rings. The van der Waals surface area contributed by atoms with Gasteiger partial charge in [-0.25, -0.2) is 9.78 Å². The highest BCUT2D eigenvalue weighted by molar-refractivity contribution is 8.00. The van der Waals surface area contributed by atoms with Gasteiger partial charge in [-0.3, -0.25) is 24.3 Å². The van der Waals surface area contributed by atoms with Crippen molar-refractivity contribution in [2.24, 2.45) is 11.7 Å². The minimum atomic E-state index is -0.968. The van der Waals surface area contributed by atoms with Gasteiger partial charge in [0, 0.05) is 0 Å². The summed E-state index contributed by atoms with van der Waals surface area (Å²) >= 11 is 0.979. The van der Waals surface area contributed by atoms with Gasteiger partial charge in [-0.2, -0.15) is 0 Å². The van der Waals surface area contributed by atoms with E-state index in [1.165, 1.54) is 7.11 Å². The number of fused-ring (bicyclic) bond motifs is 1. The number of rotatable bonds is 6. The number of amides is 3. The Balaban J connectivity index is 2.55. The van der Waals surface area contributed by atoms with Crippen LogP contribution >= 0.6 is 11.8 Å². The van der Waals surface area contributed by atoms with Crippen molar-refractivity contribution in [3.8, 4) is 0 Å². The number of benzene rings is 1. The molecule has 1 aromatic heterocycles. The van der Waals surface area contributed by atoms with Crippen LogP contribution in [0.2, 0.25) is 0 Å². The fourth-order valence-electron chi connectivity index (χ4n) is 2.37. The van der Waals surface area contributed by atoms with E-state index in [1.807, 2.05) is 5.32 Å². The molecule has 0 radical (unpaired) electrons. The van der Waals surface area contributed by atoms with Crippen molar-refractivity contribution in [3.05, 3.63) is 34.6 Å². The van der Waals surface area contributed by atoms with Gasteiger partial charge in [0.05, 0.1) is 23.3 Å². The Hall–Kier alpha value is -2.88. The molecular formula is C17H20N4O5S. The van der Waals surface area contributed by atoms with Crippen LogP contribution in [0.25, 0.3) is 10.9 Å². The molecule has 10 heteroatoms. The van der Waals surface area contributed by atoms with Crippen LogP contribution in [-0.2, 0) is 20.9 Å². The highest BCUT2D eigenvalue weighted by Crippen LogP contribution is 2.27. The van der Waals surface area contributed by atoms with Crippen LogP contribution in [0.1, 0.15) is 13.8 Å². The maximum Gasteiger partial charge on any atom is 0.325 e. The lowest BCUT2D eigenvalue weighted by Gasteiger charge is -2.20. The predicted octanol–water partition coefficient (Wildman–Crippen LogP) is 0.881. The number of aromatic nitrogens is 2. The van der Waals surface area contributed by atoms with E-state index in [-0.39, 0.29) is 17.6 Å². The first-order valence-corrected chi connectivity index (χ1v) is 8.96. The van der Waals surface area contributed by atoms with Crippen molar-refractivity contribution in [2.45, 2.75) is 30.8 Å². The number of nitrogens with two attached hydrogens (primary N) is 1. The summed E-state index contributed by atoms with van der Waals surface area (Å²) in [6.45, 7) is 3.21. The standard InChI is InChI=1S/C17H20N4O5S/c1-9(2)13(14(23)20-16(18)25)27-17-19-11-7-5-4-6-10(11)15(24)21(17)8-12(22)26-3/h4-7,9,13H,8H2,1-3H3,(H3,18,20,23,25)/t13-/m1/s1. The first-order chi connectivity index (χ1) is 12.7. The number of imide groups is 1. The van der Waals surface area contributed by atoms with E-state index in [4.69, 9.17) is 5.73 Å². The first kappa shape index (κ1) is 20.4. The highest BCUT2D eigenvalue weighted by Gasteiger charge is 2.27. The number of methoxy groups -OCH3 is 1. The number of hydrogen-bond acceptors (Lipinski definition) is 7. The lowest BCUT2D eigenvalue weighted by Crippen LogP contribution is -2.42. The van der Waals surface area contributed by atoms with Gasteiger partial charge in [-0.15, -0.1) is 0 Å². The van der Waals surface area contributed by atoms with Crippen molar-refractivity contribution >= 4 is 40.6 Å². The number of esters is 1. The molecule has 144 valence electrons. The molecule has 0 aliphatic carbocycles. The monoisotopic (exact) mass is 392 g/mol. The topological polar surface area (TPSA) is 133 Å². The number of urea groups is 1. The van der Waals surface area contributed by atoms with E-state index in [0.717, 1.165) is 16.3 Å². The smallest absolute Gasteiger partial charge is 0.325 e. The molecule has 0 saturated heterocycles. The van der Waals surface area contributed by atoms with E-state index in [1.54, 1.807) is 38.1 Å². The van der Waals surface area contributed by atoms with Gasteiger partial charge in [0.15, 0.2) is 5.16 Å². The highest BCUT2D eigenvalue weighted by atomic mass is 32.2. The van der Waals surface area contributed by atoms with Crippen molar-refractivity contribution in [1.82, 2.24) is 14.9 Å². The summed E-state index contributed by atoms with van der Waals surface area (Å²) in [6.07, 6.45) is 0. The number of primary amides is 1. The van der Waals surface area contributed by atoms with Gasteiger partial charge in [0.1, 0.15) is 6.54 Å². The zero-order chi connectivity index (χ0) is 20.1. The third kappa shape index (κ3) is 4.85. The normalized spacial score (nSPS) is 12.0. The average molecular weight is 392 g/mol. The summed E-state index contributed by atoms with van der Waals surface area (Å²) in [7, 11) is 1.21. The Bertz CT molecular complexity index is 941. The molecule has 3 amide bonds. The molecule has 0 unspecified atom stereocenters. The zero-order valence-corrected chi connectivity index (χ0v) is 15.9. The number of carbonyl (C=O) groups excluding carboxylic acids is 3. The third-order valence-electron chi connectivity index (χ3n) is 3.68. The Morgan fingerprint density at radius 1 is 1.30 bits per heavy atom. The quantitative estimate of drug-likeness (QED) is 0.423. The molecule has 27 heavy (non-hydrogen) atoms. The van der Waals surface area contributed by atoms with Gasteiger partial charge in [-0.05, 0) is 18.1 Å². The summed E-state index contributed by atoms with van der Waals surface area (Å²) in [5, 5.41) is 1.79. The van der Waals surface area contributed by atoms with E-state index < -0.39 is 28.7 Å². The number of thioether (sulfide) groups is 1. The van der Waals surface area contributed by atoms with Crippen LogP contribution in [0, 0.1) is 5.92 Å². The average Bonchev–Trinajstić information content (AvgIpc) is 2.61. The van der Waals surface area contributed by atoms with E-state index in [0.29, 0.717) is 10.9 Å². The fraction of sp³-hybridized carbons (Fsp3) is 0.353. The molecule has 9 nitrogen and oxygen atoms in total. The summed E-state index contributed by atoms with van der Waals surface area (Å²) in [5.74, 6) is -1.43. The van der Waals surface area contributed by atoms with E-state index >= 15 is 0 Å². The first-order valence-electron chi connectivity index (χ1n) is 8.08. The number of nitrogens with zero attached hydrogens (tertiary/aromatic N) is 2. The Kier molecular flexibility index (Phi) is 6.56. The van der Waals surface area contributed by atoms with E-state index in [9.17, 15) is 19.2 Å².